The smallest absolute Gasteiger partial charge is 0.870 e. The first-order chi connectivity index (χ1) is 4.83. The van der Waals surface area contributed by atoms with Crippen LogP contribution < -0.4 is 56.4 Å². The second kappa shape index (κ2) is 29.3. The van der Waals surface area contributed by atoms with Gasteiger partial charge in [-0.3, -0.25) is 0 Å². The van der Waals surface area contributed by atoms with Crippen molar-refractivity contribution in [2.24, 2.45) is 0 Å². The van der Waals surface area contributed by atoms with Crippen molar-refractivity contribution in [2.45, 2.75) is 26.7 Å². The molecule has 0 atom stereocenters. The second-order valence-corrected chi connectivity index (χ2v) is 3.12. The predicted molar refractivity (Wildman–Crippen MR) is 49.0 cm³/mol. The maximum atomic E-state index is 8.36. The molecule has 0 saturated heterocycles. The van der Waals surface area contributed by atoms with E-state index in [0.717, 1.165) is 0 Å². The van der Waals surface area contributed by atoms with Gasteiger partial charge in [-0.05, 0) is 24.6 Å². The summed E-state index contributed by atoms with van der Waals surface area (Å²) in [6, 6.07) is 0. The van der Waals surface area contributed by atoms with Gasteiger partial charge in [0.15, 0.2) is 7.69 Å². The summed E-state index contributed by atoms with van der Waals surface area (Å²) in [4.78, 5) is 0. The Morgan fingerprint density at radius 3 is 1.67 bits per heavy atom. The molecule has 2 N–H and O–H groups in total. The van der Waals surface area contributed by atoms with Crippen LogP contribution in [0.2, 0.25) is 0 Å². The van der Waals surface area contributed by atoms with Crippen molar-refractivity contribution in [2.75, 3.05) is 11.5 Å². The summed E-state index contributed by atoms with van der Waals surface area (Å²) in [6.07, 6.45) is 2.70. The molecule has 0 aliphatic rings. The van der Waals surface area contributed by atoms with Crippen LogP contribution in [-0.4, -0.2) is 29.7 Å². The molecule has 0 aliphatic heterocycles. The van der Waals surface area contributed by atoms with Gasteiger partial charge in [-0.15, -0.1) is 0 Å². The summed E-state index contributed by atoms with van der Waals surface area (Å²) in [5, 5.41) is 15.2. The van der Waals surface area contributed by atoms with Gasteiger partial charge in [0.1, 0.15) is 11.5 Å². The fourth-order valence-corrected chi connectivity index (χ4v) is 1.28. The van der Waals surface area contributed by atoms with Crippen molar-refractivity contribution in [1.29, 1.82) is 0 Å². The van der Waals surface area contributed by atoms with Gasteiger partial charge < -0.3 is 15.5 Å². The number of hydrogen-bond donors (Lipinski definition) is 1. The largest absolute Gasteiger partial charge is 1.00 e. The molecule has 0 rings (SSSR count). The Labute approximate surface area is 123 Å². The zero-order valence-electron chi connectivity index (χ0n) is 8.16. The molecular weight excluding hydrogens is 202 g/mol. The first-order valence-electron chi connectivity index (χ1n) is 3.54. The van der Waals surface area contributed by atoms with Crippen molar-refractivity contribution in [3.8, 4) is 0 Å². The second-order valence-electron chi connectivity index (χ2n) is 1.78. The van der Waals surface area contributed by atoms with Gasteiger partial charge in [0.25, 0.3) is 0 Å². The van der Waals surface area contributed by atoms with Crippen LogP contribution in [0, 0.1) is 0 Å². The molecule has 0 fully saturated rings. The molecule has 12 heavy (non-hydrogen) atoms. The van der Waals surface area contributed by atoms with Crippen molar-refractivity contribution in [3.63, 3.8) is 0 Å². The van der Waals surface area contributed by atoms with E-state index in [2.05, 4.69) is 13.8 Å². The quantitative estimate of drug-likeness (QED) is 0.229. The van der Waals surface area contributed by atoms with Crippen LogP contribution >= 0.6 is 0 Å². The first kappa shape index (κ1) is 23.6. The van der Waals surface area contributed by atoms with Gasteiger partial charge >= 0.3 is 51.4 Å². The van der Waals surface area contributed by atoms with E-state index in [4.69, 9.17) is 10.0 Å². The van der Waals surface area contributed by atoms with Crippen molar-refractivity contribution in [3.05, 3.63) is 0 Å². The zero-order valence-corrected chi connectivity index (χ0v) is 12.2. The van der Waals surface area contributed by atoms with Crippen LogP contribution in [0.1, 0.15) is 26.7 Å². The SMILES string of the molecule is CCC[SH+]CCC.[K+].[O-][B]O.[OH-]. The third-order valence-electron chi connectivity index (χ3n) is 0.763. The average Bonchev–Trinajstić information content (AvgIpc) is 1.91. The van der Waals surface area contributed by atoms with E-state index >= 15 is 0 Å². The van der Waals surface area contributed by atoms with E-state index in [-0.39, 0.29) is 64.5 Å². The Morgan fingerprint density at radius 2 is 1.50 bits per heavy atom. The average molecular weight is 219 g/mol. The Hall–Kier alpha value is 1.93. The van der Waals surface area contributed by atoms with E-state index in [1.165, 1.54) is 24.3 Å². The van der Waals surface area contributed by atoms with Crippen molar-refractivity contribution < 1.29 is 66.9 Å². The fraction of sp³-hybridized carbons (Fsp3) is 1.00. The minimum absolute atomic E-state index is 0. The third-order valence-corrected chi connectivity index (χ3v) is 2.29. The number of thiol groups is 1. The Balaban J connectivity index is -0.0000000569. The maximum absolute atomic E-state index is 8.36. The van der Waals surface area contributed by atoms with Gasteiger partial charge in [0, 0.05) is 0 Å². The maximum Gasteiger partial charge on any atom is 1.00 e. The van der Waals surface area contributed by atoms with Gasteiger partial charge in [-0.1, -0.05) is 13.8 Å². The predicted octanol–water partition coefficient (Wildman–Crippen LogP) is -3.68. The van der Waals surface area contributed by atoms with E-state index < -0.39 is 0 Å². The molecule has 0 unspecified atom stereocenters. The minimum atomic E-state index is -0.250. The normalized spacial score (nSPS) is 6.67. The van der Waals surface area contributed by atoms with Gasteiger partial charge in [0.2, 0.25) is 0 Å². The molecule has 69 valence electrons. The van der Waals surface area contributed by atoms with Crippen LogP contribution in [0.15, 0.2) is 0 Å². The minimum Gasteiger partial charge on any atom is -0.870 e. The molecule has 0 spiro atoms. The van der Waals surface area contributed by atoms with E-state index in [1.807, 2.05) is 0 Å². The van der Waals surface area contributed by atoms with Gasteiger partial charge in [-0.25, -0.2) is 0 Å². The Kier molecular flexibility index (Phi) is 57.6. The van der Waals surface area contributed by atoms with Gasteiger partial charge in [0.05, 0.1) is 0 Å². The fourth-order valence-electron chi connectivity index (χ4n) is 0.428. The first-order valence-corrected chi connectivity index (χ1v) is 4.81. The van der Waals surface area contributed by atoms with Crippen LogP contribution in [-0.2, 0) is 11.8 Å². The van der Waals surface area contributed by atoms with Crippen LogP contribution in [0.25, 0.3) is 0 Å². The summed E-state index contributed by atoms with van der Waals surface area (Å²) in [7, 11) is -0.250. The third kappa shape index (κ3) is 40.5. The molecule has 1 radical (unpaired) electrons. The van der Waals surface area contributed by atoms with Crippen LogP contribution in [0.3, 0.4) is 0 Å². The summed E-state index contributed by atoms with van der Waals surface area (Å²) < 4.78 is 0. The molecule has 6 heteroatoms. The van der Waals surface area contributed by atoms with Crippen molar-refractivity contribution >= 4 is 19.4 Å². The molecular formula is C6H17BKO3S. The summed E-state index contributed by atoms with van der Waals surface area (Å²) in [6.45, 7) is 4.48. The Bertz CT molecular complexity index is 49.8. The summed E-state index contributed by atoms with van der Waals surface area (Å²) in [5.74, 6) is 2.79. The zero-order chi connectivity index (χ0) is 8.24. The molecule has 0 aromatic carbocycles. The summed E-state index contributed by atoms with van der Waals surface area (Å²) in [5.41, 5.74) is 0. The van der Waals surface area contributed by atoms with Crippen LogP contribution in [0.4, 0.5) is 0 Å². The van der Waals surface area contributed by atoms with E-state index in [1.54, 1.807) is 11.8 Å². The standard InChI is InChI=1S/C6H14S.BHO2.K.H2O/c1-3-5-7-6-4-2;2-1-3;;/h3-6H2,1-2H3;2H;;1H2/q;-1;+1;. The van der Waals surface area contributed by atoms with Gasteiger partial charge in [-0.2, -0.15) is 0 Å². The van der Waals surface area contributed by atoms with E-state index in [0.29, 0.717) is 0 Å². The van der Waals surface area contributed by atoms with Crippen molar-refractivity contribution in [1.82, 2.24) is 0 Å². The molecule has 0 heterocycles. The molecule has 0 bridgehead atoms. The molecule has 0 aromatic heterocycles. The molecule has 3 nitrogen and oxygen atoms in total. The Morgan fingerprint density at radius 1 is 1.25 bits per heavy atom. The molecule has 0 aliphatic carbocycles. The number of rotatable bonds is 4. The molecule has 0 amide bonds. The van der Waals surface area contributed by atoms with Crippen LogP contribution in [0.5, 0.6) is 0 Å². The molecule has 0 saturated carbocycles. The monoisotopic (exact) mass is 219 g/mol. The topological polar surface area (TPSA) is 73.3 Å². The summed E-state index contributed by atoms with van der Waals surface area (Å²) >= 11 is 1.64. The molecule has 0 aromatic rings. The number of hydrogen-bond acceptors (Lipinski definition) is 3. The van der Waals surface area contributed by atoms with E-state index in [9.17, 15) is 0 Å².